The fraction of sp³-hybridized carbons (Fsp3) is 0.0909. The van der Waals surface area contributed by atoms with Gasteiger partial charge in [0.15, 0.2) is 11.5 Å². The number of amides is 1. The van der Waals surface area contributed by atoms with E-state index >= 15 is 0 Å². The molecule has 3 aromatic rings. The van der Waals surface area contributed by atoms with E-state index in [2.05, 4.69) is 5.32 Å². The van der Waals surface area contributed by atoms with E-state index in [1.54, 1.807) is 54.9 Å². The number of aromatic carboxylic acids is 1. The molecule has 7 heteroatoms. The summed E-state index contributed by atoms with van der Waals surface area (Å²) in [4.78, 5) is 24.5. The van der Waals surface area contributed by atoms with E-state index in [9.17, 15) is 14.7 Å². The van der Waals surface area contributed by atoms with Crippen LogP contribution >= 0.6 is 11.3 Å². The minimum atomic E-state index is -1.10. The summed E-state index contributed by atoms with van der Waals surface area (Å²) < 4.78 is 11.2. The quantitative estimate of drug-likeness (QED) is 0.528. The summed E-state index contributed by atoms with van der Waals surface area (Å²) in [6.45, 7) is 0.453. The molecule has 0 aliphatic carbocycles. The Morgan fingerprint density at radius 3 is 2.66 bits per heavy atom. The molecule has 0 unspecified atom stereocenters. The van der Waals surface area contributed by atoms with E-state index in [0.29, 0.717) is 18.1 Å². The zero-order valence-corrected chi connectivity index (χ0v) is 16.4. The fourth-order valence-electron chi connectivity index (χ4n) is 2.58. The summed E-state index contributed by atoms with van der Waals surface area (Å²) in [7, 11) is 1.55. The lowest BCUT2D eigenvalue weighted by Gasteiger charge is -2.10. The van der Waals surface area contributed by atoms with E-state index in [0.717, 1.165) is 10.4 Å². The number of para-hydroxylation sites is 1. The number of thiophene rings is 1. The van der Waals surface area contributed by atoms with Crippen LogP contribution in [0.1, 0.15) is 20.8 Å². The Hall–Kier alpha value is -3.58. The minimum Gasteiger partial charge on any atom is -0.493 e. The first-order valence-electron chi connectivity index (χ1n) is 8.71. The van der Waals surface area contributed by atoms with Crippen LogP contribution in [0.15, 0.2) is 66.1 Å². The van der Waals surface area contributed by atoms with Gasteiger partial charge in [-0.3, -0.25) is 4.79 Å². The molecule has 2 aromatic carbocycles. The number of ether oxygens (including phenoxy) is 2. The predicted octanol–water partition coefficient (Wildman–Crippen LogP) is 4.69. The number of carboxylic acid groups (broad SMARTS) is 1. The van der Waals surface area contributed by atoms with Gasteiger partial charge >= 0.3 is 5.97 Å². The van der Waals surface area contributed by atoms with Crippen molar-refractivity contribution in [2.75, 3.05) is 12.4 Å². The van der Waals surface area contributed by atoms with Crippen LogP contribution in [0.25, 0.3) is 6.08 Å². The summed E-state index contributed by atoms with van der Waals surface area (Å²) >= 11 is 1.62. The Labute approximate surface area is 172 Å². The number of carbonyl (C=O) groups excluding carboxylic acids is 1. The molecule has 2 N–H and O–H groups in total. The van der Waals surface area contributed by atoms with Gasteiger partial charge in [0, 0.05) is 11.0 Å². The lowest BCUT2D eigenvalue weighted by Crippen LogP contribution is -2.11. The Kier molecular flexibility index (Phi) is 6.65. The highest BCUT2D eigenvalue weighted by molar-refractivity contribution is 7.09. The summed E-state index contributed by atoms with van der Waals surface area (Å²) in [6, 6.07) is 15.5. The SMILES string of the molecule is COc1cc(/C=C/C(=O)Nc2ccccc2C(=O)O)ccc1OCc1cccs1. The molecular weight excluding hydrogens is 390 g/mol. The van der Waals surface area contributed by atoms with Gasteiger partial charge in [0.2, 0.25) is 5.91 Å². The van der Waals surface area contributed by atoms with Crippen molar-refractivity contribution < 1.29 is 24.2 Å². The largest absolute Gasteiger partial charge is 0.493 e. The zero-order chi connectivity index (χ0) is 20.6. The molecule has 148 valence electrons. The highest BCUT2D eigenvalue weighted by Gasteiger charge is 2.10. The average molecular weight is 409 g/mol. The monoisotopic (exact) mass is 409 g/mol. The zero-order valence-electron chi connectivity index (χ0n) is 15.6. The number of hydrogen-bond acceptors (Lipinski definition) is 5. The van der Waals surface area contributed by atoms with Crippen LogP contribution in [0, 0.1) is 0 Å². The Balaban J connectivity index is 1.67. The number of nitrogens with one attached hydrogen (secondary N) is 1. The molecule has 0 aliphatic rings. The molecule has 6 nitrogen and oxygen atoms in total. The summed E-state index contributed by atoms with van der Waals surface area (Å²) in [6.07, 6.45) is 2.95. The van der Waals surface area contributed by atoms with Crippen molar-refractivity contribution in [1.29, 1.82) is 0 Å². The van der Waals surface area contributed by atoms with Gasteiger partial charge in [-0.2, -0.15) is 0 Å². The van der Waals surface area contributed by atoms with Crippen molar-refractivity contribution in [3.8, 4) is 11.5 Å². The normalized spacial score (nSPS) is 10.7. The van der Waals surface area contributed by atoms with Crippen molar-refractivity contribution in [2.24, 2.45) is 0 Å². The number of rotatable bonds is 8. The van der Waals surface area contributed by atoms with Gasteiger partial charge in [-0.15, -0.1) is 11.3 Å². The van der Waals surface area contributed by atoms with Gasteiger partial charge in [0.1, 0.15) is 6.61 Å². The number of hydrogen-bond donors (Lipinski definition) is 2. The van der Waals surface area contributed by atoms with E-state index in [1.165, 1.54) is 18.2 Å². The van der Waals surface area contributed by atoms with Gasteiger partial charge in [-0.25, -0.2) is 4.79 Å². The van der Waals surface area contributed by atoms with Crippen molar-refractivity contribution in [2.45, 2.75) is 6.61 Å². The molecule has 3 rings (SSSR count). The lowest BCUT2D eigenvalue weighted by molar-refractivity contribution is -0.111. The third-order valence-electron chi connectivity index (χ3n) is 3.98. The number of carboxylic acids is 1. The Bertz CT molecular complexity index is 1030. The number of methoxy groups -OCH3 is 1. The van der Waals surface area contributed by atoms with Crippen LogP contribution in [-0.2, 0) is 11.4 Å². The van der Waals surface area contributed by atoms with Gasteiger partial charge in [-0.1, -0.05) is 24.3 Å². The molecule has 1 amide bonds. The average Bonchev–Trinajstić information content (AvgIpc) is 3.25. The Morgan fingerprint density at radius 1 is 1.10 bits per heavy atom. The van der Waals surface area contributed by atoms with E-state index < -0.39 is 11.9 Å². The van der Waals surface area contributed by atoms with Crippen LogP contribution in [0.4, 0.5) is 5.69 Å². The fourth-order valence-corrected chi connectivity index (χ4v) is 3.19. The number of carbonyl (C=O) groups is 2. The highest BCUT2D eigenvalue weighted by atomic mass is 32.1. The van der Waals surface area contributed by atoms with Crippen LogP contribution in [-0.4, -0.2) is 24.1 Å². The third kappa shape index (κ3) is 5.46. The van der Waals surface area contributed by atoms with Crippen LogP contribution in [0.5, 0.6) is 11.5 Å². The van der Waals surface area contributed by atoms with Crippen molar-refractivity contribution in [1.82, 2.24) is 0 Å². The standard InChI is InChI=1S/C22H19NO5S/c1-27-20-13-15(8-10-19(20)28-14-16-5-4-12-29-16)9-11-21(24)23-18-7-3-2-6-17(18)22(25)26/h2-13H,14H2,1H3,(H,23,24)(H,25,26)/b11-9+. The first-order valence-corrected chi connectivity index (χ1v) is 9.59. The van der Waals surface area contributed by atoms with Crippen LogP contribution < -0.4 is 14.8 Å². The molecule has 0 bridgehead atoms. The number of benzene rings is 2. The molecule has 0 saturated heterocycles. The number of anilines is 1. The maximum atomic E-state index is 12.2. The molecule has 0 fully saturated rings. The smallest absolute Gasteiger partial charge is 0.337 e. The summed E-state index contributed by atoms with van der Waals surface area (Å²) in [5.41, 5.74) is 1.01. The van der Waals surface area contributed by atoms with Crippen molar-refractivity contribution in [3.05, 3.63) is 82.1 Å². The minimum absolute atomic E-state index is 0.0307. The maximum absolute atomic E-state index is 12.2. The first kappa shape index (κ1) is 20.2. The van der Waals surface area contributed by atoms with Gasteiger partial charge < -0.3 is 19.9 Å². The predicted molar refractivity (Wildman–Crippen MR) is 113 cm³/mol. The highest BCUT2D eigenvalue weighted by Crippen LogP contribution is 2.29. The molecule has 1 aromatic heterocycles. The third-order valence-corrected chi connectivity index (χ3v) is 4.83. The van der Waals surface area contributed by atoms with E-state index in [1.807, 2.05) is 17.5 Å². The van der Waals surface area contributed by atoms with Crippen LogP contribution in [0.3, 0.4) is 0 Å². The first-order chi connectivity index (χ1) is 14.1. The van der Waals surface area contributed by atoms with Crippen molar-refractivity contribution in [3.63, 3.8) is 0 Å². The molecule has 0 saturated carbocycles. The van der Waals surface area contributed by atoms with Gasteiger partial charge in [0.05, 0.1) is 18.4 Å². The topological polar surface area (TPSA) is 84.9 Å². The molecule has 29 heavy (non-hydrogen) atoms. The summed E-state index contributed by atoms with van der Waals surface area (Å²) in [5, 5.41) is 13.7. The second-order valence-corrected chi connectivity index (χ2v) is 6.98. The second-order valence-electron chi connectivity index (χ2n) is 5.95. The Morgan fingerprint density at radius 2 is 1.93 bits per heavy atom. The van der Waals surface area contributed by atoms with Crippen LogP contribution in [0.2, 0.25) is 0 Å². The molecule has 0 aliphatic heterocycles. The molecule has 1 heterocycles. The maximum Gasteiger partial charge on any atom is 0.337 e. The van der Waals surface area contributed by atoms with Gasteiger partial charge in [-0.05, 0) is 47.4 Å². The summed E-state index contributed by atoms with van der Waals surface area (Å²) in [5.74, 6) is -0.373. The molecule has 0 radical (unpaired) electrons. The molecule has 0 atom stereocenters. The van der Waals surface area contributed by atoms with Gasteiger partial charge in [0.25, 0.3) is 0 Å². The second kappa shape index (κ2) is 9.57. The molecular formula is C22H19NO5S. The van der Waals surface area contributed by atoms with Crippen molar-refractivity contribution >= 4 is 35.0 Å². The van der Waals surface area contributed by atoms with E-state index in [4.69, 9.17) is 9.47 Å². The van der Waals surface area contributed by atoms with E-state index in [-0.39, 0.29) is 11.3 Å². The molecule has 0 spiro atoms. The lowest BCUT2D eigenvalue weighted by atomic mass is 10.1.